The number of aromatic amines is 1. The summed E-state index contributed by atoms with van der Waals surface area (Å²) in [5.74, 6) is 0.820. The zero-order valence-corrected chi connectivity index (χ0v) is 14.9. The van der Waals surface area contributed by atoms with Crippen molar-refractivity contribution < 1.29 is 9.18 Å². The molecule has 1 saturated carbocycles. The number of aromatic nitrogens is 2. The number of imidazole rings is 1. The van der Waals surface area contributed by atoms with Gasteiger partial charge in [0.05, 0.1) is 11.0 Å². The zero-order valence-electron chi connectivity index (χ0n) is 13.3. The summed E-state index contributed by atoms with van der Waals surface area (Å²) in [4.78, 5) is 19.3. The standard InChI is InChI=1S/C16H21FN4O.2ClH/c17-11-4-5-13-14(9-11)21-15(20-13)6-7-19-16(22)8-10-2-1-3-12(10)18;;/h4-5,9-10,12H,1-3,6-8,18H2,(H,19,22)(H,20,21);2*1H/t10-,12+;;/m0../s1. The Bertz CT molecular complexity index is 679. The molecular formula is C16H23Cl2FN4O. The lowest BCUT2D eigenvalue weighted by atomic mass is 10.00. The summed E-state index contributed by atoms with van der Waals surface area (Å²) < 4.78 is 13.1. The molecule has 1 aromatic heterocycles. The molecule has 4 N–H and O–H groups in total. The SMILES string of the molecule is Cl.Cl.N[C@@H]1CCC[C@H]1CC(=O)NCCc1nc2ccc(F)cc2[nH]1. The van der Waals surface area contributed by atoms with Crippen molar-refractivity contribution in [2.45, 2.75) is 38.1 Å². The first-order chi connectivity index (χ1) is 10.6. The molecule has 24 heavy (non-hydrogen) atoms. The Morgan fingerprint density at radius 3 is 2.88 bits per heavy atom. The lowest BCUT2D eigenvalue weighted by molar-refractivity contribution is -0.122. The highest BCUT2D eigenvalue weighted by Crippen LogP contribution is 2.26. The number of carbonyl (C=O) groups is 1. The summed E-state index contributed by atoms with van der Waals surface area (Å²) in [5.41, 5.74) is 7.39. The third-order valence-electron chi connectivity index (χ3n) is 4.34. The van der Waals surface area contributed by atoms with Gasteiger partial charge in [0.15, 0.2) is 0 Å². The Morgan fingerprint density at radius 2 is 2.17 bits per heavy atom. The number of nitrogens with one attached hydrogen (secondary N) is 2. The van der Waals surface area contributed by atoms with Crippen LogP contribution in [-0.2, 0) is 11.2 Å². The van der Waals surface area contributed by atoms with Crippen LogP contribution in [0.2, 0.25) is 0 Å². The molecule has 0 bridgehead atoms. The third-order valence-corrected chi connectivity index (χ3v) is 4.34. The van der Waals surface area contributed by atoms with Crippen LogP contribution < -0.4 is 11.1 Å². The topological polar surface area (TPSA) is 83.8 Å². The lowest BCUT2D eigenvalue weighted by Gasteiger charge is -2.14. The molecule has 8 heteroatoms. The van der Waals surface area contributed by atoms with Crippen LogP contribution in [0.25, 0.3) is 11.0 Å². The number of fused-ring (bicyclic) bond motifs is 1. The fraction of sp³-hybridized carbons (Fsp3) is 0.500. The van der Waals surface area contributed by atoms with E-state index in [1.54, 1.807) is 6.07 Å². The van der Waals surface area contributed by atoms with Crippen molar-refractivity contribution in [2.75, 3.05) is 6.54 Å². The van der Waals surface area contributed by atoms with Gasteiger partial charge in [-0.3, -0.25) is 4.79 Å². The van der Waals surface area contributed by atoms with E-state index in [-0.39, 0.29) is 42.6 Å². The minimum Gasteiger partial charge on any atom is -0.356 e. The van der Waals surface area contributed by atoms with Crippen molar-refractivity contribution in [2.24, 2.45) is 11.7 Å². The predicted octanol–water partition coefficient (Wildman–Crippen LogP) is 2.72. The second kappa shape index (κ2) is 9.20. The van der Waals surface area contributed by atoms with Gasteiger partial charge in [-0.05, 0) is 37.0 Å². The van der Waals surface area contributed by atoms with Crippen LogP contribution in [0, 0.1) is 11.7 Å². The van der Waals surface area contributed by atoms with Crippen molar-refractivity contribution in [1.82, 2.24) is 15.3 Å². The molecule has 1 aliphatic rings. The molecule has 3 rings (SSSR count). The van der Waals surface area contributed by atoms with Crippen molar-refractivity contribution in [3.05, 3.63) is 29.8 Å². The van der Waals surface area contributed by atoms with Crippen LogP contribution in [0.3, 0.4) is 0 Å². The third kappa shape index (κ3) is 5.06. The van der Waals surface area contributed by atoms with Gasteiger partial charge in [0.1, 0.15) is 11.6 Å². The smallest absolute Gasteiger partial charge is 0.220 e. The number of hydrogen-bond acceptors (Lipinski definition) is 3. The maximum atomic E-state index is 13.1. The first-order valence-electron chi connectivity index (χ1n) is 7.78. The molecule has 0 saturated heterocycles. The van der Waals surface area contributed by atoms with Crippen molar-refractivity contribution in [3.8, 4) is 0 Å². The average molecular weight is 377 g/mol. The molecule has 1 aromatic carbocycles. The van der Waals surface area contributed by atoms with Crippen molar-refractivity contribution in [1.29, 1.82) is 0 Å². The monoisotopic (exact) mass is 376 g/mol. The molecule has 0 unspecified atom stereocenters. The second-order valence-electron chi connectivity index (χ2n) is 6.00. The van der Waals surface area contributed by atoms with Gasteiger partial charge in [-0.25, -0.2) is 9.37 Å². The van der Waals surface area contributed by atoms with Crippen LogP contribution in [0.15, 0.2) is 18.2 Å². The van der Waals surface area contributed by atoms with E-state index in [0.29, 0.717) is 30.8 Å². The summed E-state index contributed by atoms with van der Waals surface area (Å²) >= 11 is 0. The summed E-state index contributed by atoms with van der Waals surface area (Å²) in [5, 5.41) is 2.91. The summed E-state index contributed by atoms with van der Waals surface area (Å²) in [6.45, 7) is 0.517. The number of halogens is 3. The molecule has 1 aliphatic carbocycles. The van der Waals surface area contributed by atoms with Crippen molar-refractivity contribution in [3.63, 3.8) is 0 Å². The van der Waals surface area contributed by atoms with Gasteiger partial charge in [-0.15, -0.1) is 24.8 Å². The van der Waals surface area contributed by atoms with E-state index in [1.807, 2.05) is 0 Å². The maximum absolute atomic E-state index is 13.1. The Kier molecular flexibility index (Phi) is 7.93. The number of amides is 1. The summed E-state index contributed by atoms with van der Waals surface area (Å²) in [7, 11) is 0. The van der Waals surface area contributed by atoms with Gasteiger partial charge in [0, 0.05) is 25.4 Å². The summed E-state index contributed by atoms with van der Waals surface area (Å²) in [6, 6.07) is 4.62. The number of benzene rings is 1. The first-order valence-corrected chi connectivity index (χ1v) is 7.78. The minimum atomic E-state index is -0.288. The highest BCUT2D eigenvalue weighted by atomic mass is 35.5. The molecule has 0 radical (unpaired) electrons. The van der Waals surface area contributed by atoms with Crippen LogP contribution in [0.1, 0.15) is 31.5 Å². The van der Waals surface area contributed by atoms with Crippen molar-refractivity contribution >= 4 is 41.8 Å². The highest BCUT2D eigenvalue weighted by molar-refractivity contribution is 5.85. The van der Waals surface area contributed by atoms with Crippen LogP contribution >= 0.6 is 24.8 Å². The number of rotatable bonds is 5. The number of hydrogen-bond donors (Lipinski definition) is 3. The Labute approximate surface area is 152 Å². The number of nitrogens with zero attached hydrogens (tertiary/aromatic N) is 1. The normalized spacial score (nSPS) is 19.6. The highest BCUT2D eigenvalue weighted by Gasteiger charge is 2.25. The molecule has 1 heterocycles. The molecule has 1 fully saturated rings. The maximum Gasteiger partial charge on any atom is 0.220 e. The zero-order chi connectivity index (χ0) is 15.5. The van der Waals surface area contributed by atoms with E-state index >= 15 is 0 Å². The van der Waals surface area contributed by atoms with Crippen LogP contribution in [0.5, 0.6) is 0 Å². The van der Waals surface area contributed by atoms with E-state index in [9.17, 15) is 9.18 Å². The predicted molar refractivity (Wildman–Crippen MR) is 97.2 cm³/mol. The van der Waals surface area contributed by atoms with Gasteiger partial charge in [-0.2, -0.15) is 0 Å². The van der Waals surface area contributed by atoms with Crippen LogP contribution in [0.4, 0.5) is 4.39 Å². The van der Waals surface area contributed by atoms with E-state index in [1.165, 1.54) is 12.1 Å². The molecule has 5 nitrogen and oxygen atoms in total. The van der Waals surface area contributed by atoms with E-state index in [0.717, 1.165) is 30.6 Å². The molecular weight excluding hydrogens is 354 g/mol. The molecule has 2 atom stereocenters. The summed E-state index contributed by atoms with van der Waals surface area (Å²) in [6.07, 6.45) is 4.29. The van der Waals surface area contributed by atoms with E-state index < -0.39 is 0 Å². The fourth-order valence-electron chi connectivity index (χ4n) is 3.10. The lowest BCUT2D eigenvalue weighted by Crippen LogP contribution is -2.32. The number of nitrogens with two attached hydrogens (primary N) is 1. The van der Waals surface area contributed by atoms with Crippen LogP contribution in [-0.4, -0.2) is 28.5 Å². The number of carbonyl (C=O) groups excluding carboxylic acids is 1. The van der Waals surface area contributed by atoms with Gasteiger partial charge < -0.3 is 16.0 Å². The molecule has 1 amide bonds. The Balaban J connectivity index is 0.00000144. The van der Waals surface area contributed by atoms with Gasteiger partial charge in [-0.1, -0.05) is 6.42 Å². The second-order valence-corrected chi connectivity index (χ2v) is 6.00. The quantitative estimate of drug-likeness (QED) is 0.749. The molecule has 0 aliphatic heterocycles. The molecule has 2 aromatic rings. The Hall–Kier alpha value is -1.37. The Morgan fingerprint density at radius 1 is 1.38 bits per heavy atom. The fourth-order valence-corrected chi connectivity index (χ4v) is 3.10. The molecule has 0 spiro atoms. The van der Waals surface area contributed by atoms with Gasteiger partial charge in [0.2, 0.25) is 5.91 Å². The number of H-pyrrole nitrogens is 1. The minimum absolute atomic E-state index is 0. The van der Waals surface area contributed by atoms with Gasteiger partial charge >= 0.3 is 0 Å². The van der Waals surface area contributed by atoms with Gasteiger partial charge in [0.25, 0.3) is 0 Å². The van der Waals surface area contributed by atoms with E-state index in [4.69, 9.17) is 5.73 Å². The molecule has 134 valence electrons. The largest absolute Gasteiger partial charge is 0.356 e. The first kappa shape index (κ1) is 20.7. The average Bonchev–Trinajstić information content (AvgIpc) is 3.05. The van der Waals surface area contributed by atoms with E-state index in [2.05, 4.69) is 15.3 Å².